The van der Waals surface area contributed by atoms with Gasteiger partial charge in [-0.2, -0.15) is 5.01 Å². The maximum Gasteiger partial charge on any atom is 0.265 e. The van der Waals surface area contributed by atoms with Gasteiger partial charge in [0.2, 0.25) is 0 Å². The van der Waals surface area contributed by atoms with Crippen molar-refractivity contribution in [1.82, 2.24) is 14.2 Å². The maximum absolute atomic E-state index is 14.5. The molecule has 2 aromatic rings. The molecule has 9 rings (SSSR count). The minimum atomic E-state index is -1.56. The zero-order valence-electron chi connectivity index (χ0n) is 30.5. The number of amides is 1. The number of allylic oxidation sites excluding steroid dienone is 3. The minimum absolute atomic E-state index is 0.0286. The number of aliphatic hydroxyl groups excluding tert-OH is 3. The van der Waals surface area contributed by atoms with Crippen molar-refractivity contribution >= 4 is 58.1 Å². The van der Waals surface area contributed by atoms with Gasteiger partial charge in [-0.1, -0.05) is 18.2 Å². The molecule has 1 unspecified atom stereocenters. The number of hydrogen-bond donors (Lipinski definition) is 4. The zero-order valence-corrected chi connectivity index (χ0v) is 30.5. The summed E-state index contributed by atoms with van der Waals surface area (Å²) in [6, 6.07) is -1.23. The Morgan fingerprint density at radius 1 is 1.28 bits per heavy atom. The molecule has 15 nitrogen and oxygen atoms in total. The van der Waals surface area contributed by atoms with Crippen LogP contribution >= 0.6 is 0 Å². The molecule has 0 radical (unpaired) electrons. The van der Waals surface area contributed by atoms with Crippen molar-refractivity contribution in [3.05, 3.63) is 57.3 Å². The number of aromatic nitrogens is 1. The van der Waals surface area contributed by atoms with Gasteiger partial charge in [-0.15, -0.1) is 4.59 Å². The van der Waals surface area contributed by atoms with E-state index >= 15 is 0 Å². The molecule has 10 atom stereocenters. The molecule has 54 heavy (non-hydrogen) atoms. The Balaban J connectivity index is 1.30. The van der Waals surface area contributed by atoms with Crippen molar-refractivity contribution in [2.75, 3.05) is 20.3 Å². The second-order valence-electron chi connectivity index (χ2n) is 15.3. The van der Waals surface area contributed by atoms with Crippen molar-refractivity contribution in [3.63, 3.8) is 0 Å². The second kappa shape index (κ2) is 12.4. The fraction of sp³-hybridized carbons (Fsp3) is 0.487. The fourth-order valence-electron chi connectivity index (χ4n) is 9.92. The van der Waals surface area contributed by atoms with Crippen LogP contribution in [0.3, 0.4) is 0 Å². The van der Waals surface area contributed by atoms with E-state index in [0.717, 1.165) is 43.9 Å². The molecule has 1 amide bonds. The Kier molecular flexibility index (Phi) is 8.18. The number of hydrogen-bond acceptors (Lipinski definition) is 12. The Hall–Kier alpha value is -4.16. The van der Waals surface area contributed by atoms with Crippen LogP contribution in [0.15, 0.2) is 35.0 Å². The van der Waals surface area contributed by atoms with Gasteiger partial charge in [0.25, 0.3) is 12.1 Å². The molecule has 2 saturated heterocycles. The van der Waals surface area contributed by atoms with Crippen LogP contribution in [0.5, 0.6) is 0 Å². The average Bonchev–Trinajstić information content (AvgIpc) is 3.82. The number of ketones is 2. The Morgan fingerprint density at radius 2 is 2.07 bits per heavy atom. The Bertz CT molecular complexity index is 2290. The number of quaternary nitrogens is 1. The van der Waals surface area contributed by atoms with Crippen LogP contribution in [-0.4, -0.2) is 124 Å². The van der Waals surface area contributed by atoms with Crippen LogP contribution in [-0.2, 0) is 35.1 Å². The number of Topliss-reactive ketones (excluding diaryl/α,β-unsaturated/α-hetero) is 2. The summed E-state index contributed by atoms with van der Waals surface area (Å²) in [5, 5.41) is 35.0. The average molecular weight is 743 g/mol. The monoisotopic (exact) mass is 742 g/mol. The number of benzene rings is 1. The van der Waals surface area contributed by atoms with Crippen molar-refractivity contribution in [2.24, 2.45) is 10.7 Å². The molecular weight excluding hydrogens is 698 g/mol. The highest BCUT2D eigenvalue weighted by Crippen LogP contribution is 2.59. The number of carbonyl (C=O) groups excluding carboxylic acids is 3. The number of nitrogens with zero attached hydrogens (tertiary/aromatic N) is 4. The third-order valence-electron chi connectivity index (χ3n) is 12.2. The highest BCUT2D eigenvalue weighted by atomic mass is 16.6. The van der Waals surface area contributed by atoms with Crippen LogP contribution in [0.2, 0.25) is 0 Å². The number of carbonyl (C=O) groups is 3. The van der Waals surface area contributed by atoms with Gasteiger partial charge in [-0.25, -0.2) is 0 Å². The zero-order chi connectivity index (χ0) is 38.0. The lowest BCUT2D eigenvalue weighted by atomic mass is 9.90. The van der Waals surface area contributed by atoms with E-state index in [1.165, 1.54) is 18.9 Å². The van der Waals surface area contributed by atoms with Crippen LogP contribution in [0, 0.1) is 0 Å². The summed E-state index contributed by atoms with van der Waals surface area (Å²) in [5.74, 6) is -0.926. The van der Waals surface area contributed by atoms with Crippen molar-refractivity contribution in [3.8, 4) is 0 Å². The standard InChI is InChI=1S/C39H44N5O10/c1-18(52-36-32(40)37(50)53-28(17-45)35(36)49)27(48)16-43(19(2)46)44-25-13-20-9-10-21(25)29-22-14-41-15-23(22)30-31-24(7-5-8-26(31)47)42(33(30)34(29)44)12-6-11-39(3,54-20)38(44)51-4/h6-7,9-11,14-15,18,20,28,32,35-38,45,49-50H,5,8,12-13,16-17,40H2,1-4H3/q+1/b11-6-/t18?,20-,28+,32+,35+,36+,37-,38-,39+,44-/m0/s1. The third-order valence-corrected chi connectivity index (χ3v) is 12.2. The maximum atomic E-state index is 14.5. The lowest BCUT2D eigenvalue weighted by Crippen LogP contribution is -2.73. The fourth-order valence-corrected chi connectivity index (χ4v) is 9.92. The van der Waals surface area contributed by atoms with Gasteiger partial charge in [0.1, 0.15) is 36.5 Å². The summed E-state index contributed by atoms with van der Waals surface area (Å²) in [6.45, 7) is 4.16. The largest absolute Gasteiger partial charge is 0.394 e. The smallest absolute Gasteiger partial charge is 0.265 e. The molecule has 5 aliphatic heterocycles. The minimum Gasteiger partial charge on any atom is -0.394 e. The Morgan fingerprint density at radius 3 is 2.81 bits per heavy atom. The van der Waals surface area contributed by atoms with Gasteiger partial charge in [0, 0.05) is 66.5 Å². The molecule has 6 heterocycles. The van der Waals surface area contributed by atoms with Crippen molar-refractivity contribution < 1.29 is 48.7 Å². The molecule has 7 aliphatic rings. The molecule has 0 saturated carbocycles. The first-order valence-corrected chi connectivity index (χ1v) is 18.4. The molecule has 2 aliphatic carbocycles. The highest BCUT2D eigenvalue weighted by Gasteiger charge is 2.67. The summed E-state index contributed by atoms with van der Waals surface area (Å²) in [7, 11) is 1.57. The predicted octanol–water partition coefficient (Wildman–Crippen LogP) is -0.235. The molecule has 1 aromatic carbocycles. The normalized spacial score (nSPS) is 35.2. The summed E-state index contributed by atoms with van der Waals surface area (Å²) in [4.78, 5) is 47.5. The molecule has 4 bridgehead atoms. The van der Waals surface area contributed by atoms with Crippen molar-refractivity contribution in [2.45, 2.75) is 101 Å². The lowest BCUT2D eigenvalue weighted by molar-refractivity contribution is -0.261. The summed E-state index contributed by atoms with van der Waals surface area (Å²) >= 11 is 0. The molecule has 1 aromatic heterocycles. The van der Waals surface area contributed by atoms with Gasteiger partial charge in [0.15, 0.2) is 34.8 Å². The first-order valence-electron chi connectivity index (χ1n) is 18.4. The van der Waals surface area contributed by atoms with Crippen LogP contribution in [0.25, 0.3) is 28.8 Å². The summed E-state index contributed by atoms with van der Waals surface area (Å²) in [5.41, 5.74) is 10.4. The number of methoxy groups -OCH3 is 1. The molecule has 0 spiro atoms. The molecule has 5 N–H and O–H groups in total. The van der Waals surface area contributed by atoms with Crippen molar-refractivity contribution in [1.29, 1.82) is 0 Å². The van der Waals surface area contributed by atoms with Gasteiger partial charge in [0.05, 0.1) is 36.3 Å². The number of rotatable bonds is 8. The molecule has 15 heteroatoms. The van der Waals surface area contributed by atoms with Crippen LogP contribution in [0.4, 0.5) is 5.69 Å². The predicted molar refractivity (Wildman–Crippen MR) is 196 cm³/mol. The summed E-state index contributed by atoms with van der Waals surface area (Å²) in [6.07, 6.45) is 7.02. The molecule has 2 fully saturated rings. The number of nitrogens with two attached hydrogens (primary N) is 1. The Labute approximate surface area is 310 Å². The van der Waals surface area contributed by atoms with Crippen LogP contribution < -0.4 is 20.9 Å². The SMILES string of the molecule is CO[C@H]1[C@@]2(C)/C=C\Cn3c4c(c5c6c(c7c(c53)[N@@+]1(N(CC(=O)C(C)O[C@@H]1[C@@H](N)[C@@H](O)O[C@H](CO)[C@H]1O)C(C)=O)C1=C7C=C[C@@H](C1)O2)C=NC=6)C(=O)CCC=4. The van der Waals surface area contributed by atoms with Crippen LogP contribution in [0.1, 0.15) is 61.5 Å². The first-order chi connectivity index (χ1) is 25.9. The molecule has 284 valence electrons. The topological polar surface area (TPSA) is 195 Å². The van der Waals surface area contributed by atoms with E-state index in [2.05, 4.69) is 15.6 Å². The molecular formula is C39H44N5O10+. The van der Waals surface area contributed by atoms with E-state index in [0.29, 0.717) is 37.1 Å². The summed E-state index contributed by atoms with van der Waals surface area (Å²) < 4.78 is 26.6. The second-order valence-corrected chi connectivity index (χ2v) is 15.3. The van der Waals surface area contributed by atoms with Gasteiger partial charge >= 0.3 is 0 Å². The number of aliphatic imine (C=N–C) groups is 1. The highest BCUT2D eigenvalue weighted by molar-refractivity contribution is 6.18. The first kappa shape index (κ1) is 35.5. The van der Waals surface area contributed by atoms with E-state index in [4.69, 9.17) is 24.7 Å². The van der Waals surface area contributed by atoms with E-state index < -0.39 is 79.5 Å². The van der Waals surface area contributed by atoms with E-state index in [1.807, 2.05) is 31.2 Å². The van der Waals surface area contributed by atoms with E-state index in [1.54, 1.807) is 19.5 Å². The number of aliphatic hydroxyl groups is 3. The van der Waals surface area contributed by atoms with E-state index in [-0.39, 0.29) is 10.4 Å². The third kappa shape index (κ3) is 4.61. The lowest BCUT2D eigenvalue weighted by Gasteiger charge is -2.49. The number of ether oxygens (including phenoxy) is 4. The van der Waals surface area contributed by atoms with Gasteiger partial charge in [-0.05, 0) is 32.4 Å². The van der Waals surface area contributed by atoms with E-state index in [9.17, 15) is 29.7 Å². The van der Waals surface area contributed by atoms with Gasteiger partial charge in [-0.3, -0.25) is 19.4 Å². The van der Waals surface area contributed by atoms with Gasteiger partial charge < -0.3 is 44.6 Å². The quantitative estimate of drug-likeness (QED) is 0.206. The number of fused-ring (bicyclic) bond motifs is 9.